The van der Waals surface area contributed by atoms with Crippen molar-refractivity contribution in [2.24, 2.45) is 4.99 Å². The van der Waals surface area contributed by atoms with Crippen LogP contribution in [0, 0.1) is 11.3 Å². The number of benzene rings is 1. The number of hydrogen-bond donors (Lipinski definition) is 0. The van der Waals surface area contributed by atoms with E-state index in [2.05, 4.69) is 11.6 Å². The Hall–Kier alpha value is -2.18. The van der Waals surface area contributed by atoms with E-state index in [1.54, 1.807) is 19.1 Å². The van der Waals surface area contributed by atoms with Gasteiger partial charge in [-0.2, -0.15) is 5.26 Å². The van der Waals surface area contributed by atoms with Gasteiger partial charge in [0.25, 0.3) is 0 Å². The molecule has 0 radical (unpaired) electrons. The molecule has 0 heterocycles. The van der Waals surface area contributed by atoms with Crippen LogP contribution in [0.2, 0.25) is 0 Å². The largest absolute Gasteiger partial charge is 0.287 e. The molecule has 0 unspecified atom stereocenters. The van der Waals surface area contributed by atoms with Crippen LogP contribution in [0.5, 0.6) is 0 Å². The summed E-state index contributed by atoms with van der Waals surface area (Å²) in [7, 11) is 0. The molecular formula is C14H9ClN2O. The van der Waals surface area contributed by atoms with Gasteiger partial charge in [0, 0.05) is 5.56 Å². The number of allylic oxidation sites excluding steroid dienone is 3. The molecule has 4 heteroatoms. The van der Waals surface area contributed by atoms with E-state index in [1.165, 1.54) is 0 Å². The number of nitriles is 1. The van der Waals surface area contributed by atoms with Gasteiger partial charge in [-0.15, -0.1) is 0 Å². The highest BCUT2D eigenvalue weighted by Crippen LogP contribution is 2.33. The van der Waals surface area contributed by atoms with Gasteiger partial charge >= 0.3 is 0 Å². The second-order valence-electron chi connectivity index (χ2n) is 3.83. The van der Waals surface area contributed by atoms with Crippen molar-refractivity contribution < 1.29 is 4.79 Å². The number of rotatable bonds is 2. The number of ketones is 1. The summed E-state index contributed by atoms with van der Waals surface area (Å²) in [6.07, 6.45) is 0. The van der Waals surface area contributed by atoms with Crippen molar-refractivity contribution >= 4 is 28.7 Å². The first kappa shape index (κ1) is 12.3. The molecule has 0 saturated carbocycles. The van der Waals surface area contributed by atoms with E-state index in [0.29, 0.717) is 5.56 Å². The molecule has 0 amide bonds. The first-order valence-electron chi connectivity index (χ1n) is 5.24. The van der Waals surface area contributed by atoms with E-state index in [1.807, 2.05) is 18.2 Å². The number of nitrogens with zero attached hydrogens (tertiary/aromatic N) is 2. The molecule has 0 saturated heterocycles. The fraction of sp³-hybridized carbons (Fsp3) is 0.0714. The van der Waals surface area contributed by atoms with Crippen molar-refractivity contribution in [2.45, 2.75) is 6.92 Å². The summed E-state index contributed by atoms with van der Waals surface area (Å²) >= 11 is 5.65. The average molecular weight is 257 g/mol. The molecule has 3 nitrogen and oxygen atoms in total. The highest BCUT2D eigenvalue weighted by atomic mass is 35.5. The first-order valence-corrected chi connectivity index (χ1v) is 5.62. The Morgan fingerprint density at radius 1 is 1.39 bits per heavy atom. The maximum absolute atomic E-state index is 12.1. The first-order chi connectivity index (χ1) is 8.56. The molecule has 0 aromatic heterocycles. The monoisotopic (exact) mass is 256 g/mol. The van der Waals surface area contributed by atoms with E-state index >= 15 is 0 Å². The number of hydrogen-bond acceptors (Lipinski definition) is 3. The Morgan fingerprint density at radius 3 is 2.50 bits per heavy atom. The topological polar surface area (TPSA) is 53.2 Å². The molecule has 18 heavy (non-hydrogen) atoms. The van der Waals surface area contributed by atoms with Crippen LogP contribution in [0.15, 0.2) is 46.6 Å². The van der Waals surface area contributed by atoms with Crippen LogP contribution in [-0.4, -0.2) is 11.5 Å². The molecule has 0 atom stereocenters. The molecule has 2 rings (SSSR count). The molecule has 1 aromatic rings. The molecular weight excluding hydrogens is 248 g/mol. The Bertz CT molecular complexity index is 663. The van der Waals surface area contributed by atoms with E-state index < -0.39 is 0 Å². The third kappa shape index (κ3) is 1.87. The van der Waals surface area contributed by atoms with Gasteiger partial charge in [-0.05, 0) is 18.1 Å². The van der Waals surface area contributed by atoms with Gasteiger partial charge in [-0.3, -0.25) is 4.79 Å². The third-order valence-corrected chi connectivity index (χ3v) is 2.91. The fourth-order valence-corrected chi connectivity index (χ4v) is 1.91. The van der Waals surface area contributed by atoms with Crippen molar-refractivity contribution in [3.05, 3.63) is 52.7 Å². The Kier molecular flexibility index (Phi) is 3.14. The molecule has 0 bridgehead atoms. The quantitative estimate of drug-likeness (QED) is 0.762. The Morgan fingerprint density at radius 2 is 2.00 bits per heavy atom. The minimum atomic E-state index is -0.186. The number of halogens is 1. The zero-order chi connectivity index (χ0) is 13.3. The fourth-order valence-electron chi connectivity index (χ4n) is 1.83. The molecule has 1 aliphatic rings. The number of aliphatic imine (C=N–C) groups is 1. The maximum atomic E-state index is 12.1. The SMILES string of the molecule is C=C(Cl)/C(C#N)=N\C1=C(C)c2ccccc2C1=O. The van der Waals surface area contributed by atoms with Gasteiger partial charge in [-0.1, -0.05) is 42.4 Å². The minimum Gasteiger partial charge on any atom is -0.287 e. The van der Waals surface area contributed by atoms with Crippen LogP contribution >= 0.6 is 11.6 Å². The summed E-state index contributed by atoms with van der Waals surface area (Å²) in [6.45, 7) is 5.25. The van der Waals surface area contributed by atoms with Gasteiger partial charge in [-0.25, -0.2) is 4.99 Å². The summed E-state index contributed by atoms with van der Waals surface area (Å²) < 4.78 is 0. The normalized spacial score (nSPS) is 14.5. The van der Waals surface area contributed by atoms with E-state index in [0.717, 1.165) is 11.1 Å². The van der Waals surface area contributed by atoms with Crippen molar-refractivity contribution in [2.75, 3.05) is 0 Å². The molecule has 88 valence electrons. The third-order valence-electron chi connectivity index (χ3n) is 2.73. The second kappa shape index (κ2) is 4.59. The van der Waals surface area contributed by atoms with E-state index in [4.69, 9.17) is 16.9 Å². The summed E-state index contributed by atoms with van der Waals surface area (Å²) in [5, 5.41) is 8.92. The minimum absolute atomic E-state index is 0.0292. The smallest absolute Gasteiger partial charge is 0.212 e. The van der Waals surface area contributed by atoms with Gasteiger partial charge in [0.15, 0.2) is 5.71 Å². The zero-order valence-corrected chi connectivity index (χ0v) is 10.5. The lowest BCUT2D eigenvalue weighted by Crippen LogP contribution is -2.01. The standard InChI is InChI=1S/C14H9ClN2O/c1-8-10-5-3-4-6-11(10)14(18)13(8)17-12(7-16)9(2)15/h3-6H,2H2,1H3/b17-12-. The summed E-state index contributed by atoms with van der Waals surface area (Å²) in [5.74, 6) is -0.186. The van der Waals surface area contributed by atoms with Crippen molar-refractivity contribution in [1.82, 2.24) is 0 Å². The van der Waals surface area contributed by atoms with Crippen LogP contribution in [0.25, 0.3) is 5.57 Å². The van der Waals surface area contributed by atoms with Gasteiger partial charge in [0.2, 0.25) is 5.78 Å². The maximum Gasteiger partial charge on any atom is 0.212 e. The number of carbonyl (C=O) groups is 1. The van der Waals surface area contributed by atoms with Crippen LogP contribution in [-0.2, 0) is 0 Å². The lowest BCUT2D eigenvalue weighted by Gasteiger charge is -1.97. The predicted octanol–water partition coefficient (Wildman–Crippen LogP) is 3.33. The highest BCUT2D eigenvalue weighted by molar-refractivity contribution is 6.46. The summed E-state index contributed by atoms with van der Waals surface area (Å²) in [6, 6.07) is 9.07. The van der Waals surface area contributed by atoms with Crippen LogP contribution in [0.4, 0.5) is 0 Å². The summed E-state index contributed by atoms with van der Waals surface area (Å²) in [5.41, 5.74) is 2.42. The van der Waals surface area contributed by atoms with Gasteiger partial charge in [0.1, 0.15) is 11.8 Å². The predicted molar refractivity (Wildman–Crippen MR) is 71.4 cm³/mol. The van der Waals surface area contributed by atoms with E-state index in [9.17, 15) is 4.79 Å². The number of Topliss-reactive ketones (excluding diaryl/α,β-unsaturated/α-hetero) is 1. The molecule has 1 aliphatic carbocycles. The number of carbonyl (C=O) groups excluding carboxylic acids is 1. The highest BCUT2D eigenvalue weighted by Gasteiger charge is 2.27. The second-order valence-corrected chi connectivity index (χ2v) is 4.28. The van der Waals surface area contributed by atoms with Crippen molar-refractivity contribution in [3.63, 3.8) is 0 Å². The van der Waals surface area contributed by atoms with Crippen LogP contribution in [0.3, 0.4) is 0 Å². The molecule has 0 spiro atoms. The molecule has 0 N–H and O–H groups in total. The Labute approximate surface area is 110 Å². The Balaban J connectivity index is 2.57. The molecule has 0 fully saturated rings. The van der Waals surface area contributed by atoms with E-state index in [-0.39, 0.29) is 22.2 Å². The molecule has 1 aromatic carbocycles. The average Bonchev–Trinajstić information content (AvgIpc) is 2.60. The number of fused-ring (bicyclic) bond motifs is 1. The summed E-state index contributed by atoms with van der Waals surface area (Å²) in [4.78, 5) is 16.2. The van der Waals surface area contributed by atoms with Gasteiger partial charge < -0.3 is 0 Å². The van der Waals surface area contributed by atoms with Gasteiger partial charge in [0.05, 0.1) is 5.03 Å². The lowest BCUT2D eigenvalue weighted by molar-refractivity contribution is 0.103. The van der Waals surface area contributed by atoms with Crippen LogP contribution < -0.4 is 0 Å². The van der Waals surface area contributed by atoms with Crippen LogP contribution in [0.1, 0.15) is 22.8 Å². The van der Waals surface area contributed by atoms with Crippen molar-refractivity contribution in [3.8, 4) is 6.07 Å². The lowest BCUT2D eigenvalue weighted by atomic mass is 10.1. The van der Waals surface area contributed by atoms with Crippen molar-refractivity contribution in [1.29, 1.82) is 5.26 Å². The molecule has 0 aliphatic heterocycles. The zero-order valence-electron chi connectivity index (χ0n) is 9.70.